The van der Waals surface area contributed by atoms with Crippen LogP contribution in [0.1, 0.15) is 0 Å². The molecule has 16 heavy (non-hydrogen) atoms. The fraction of sp³-hybridized carbons (Fsp3) is 0. The topological polar surface area (TPSA) is 69.3 Å². The van der Waals surface area contributed by atoms with Crippen LogP contribution in [0.4, 0.5) is 11.4 Å². The highest BCUT2D eigenvalue weighted by molar-refractivity contribution is 7.15. The number of nitrogens with zero attached hydrogens (tertiary/aromatic N) is 2. The maximum Gasteiger partial charge on any atom is 0.194 e. The van der Waals surface area contributed by atoms with E-state index in [9.17, 15) is 0 Å². The van der Waals surface area contributed by atoms with Gasteiger partial charge in [0.1, 0.15) is 0 Å². The normalized spacial score (nSPS) is 11.0. The number of nitrogens with two attached hydrogens (primary N) is 2. The Hall–Kier alpha value is -2.01. The molecule has 0 fully saturated rings. The predicted octanol–water partition coefficient (Wildman–Crippen LogP) is 2.23. The summed E-state index contributed by atoms with van der Waals surface area (Å²) in [6.45, 7) is 0. The van der Waals surface area contributed by atoms with Crippen molar-refractivity contribution in [2.75, 3.05) is 11.5 Å². The van der Waals surface area contributed by atoms with E-state index in [0.29, 0.717) is 11.4 Å². The van der Waals surface area contributed by atoms with E-state index in [1.807, 2.05) is 28.8 Å². The van der Waals surface area contributed by atoms with Crippen LogP contribution in [0.15, 0.2) is 36.0 Å². The first-order valence-corrected chi connectivity index (χ1v) is 5.69. The average molecular weight is 230 g/mol. The zero-order valence-corrected chi connectivity index (χ0v) is 9.24. The second-order valence-corrected chi connectivity index (χ2v) is 4.38. The number of nitrogen functional groups attached to an aromatic ring is 2. The smallest absolute Gasteiger partial charge is 0.194 e. The SMILES string of the molecule is Nc1ccc(-c2csc3nccn23)cc1N. The lowest BCUT2D eigenvalue weighted by Crippen LogP contribution is -1.94. The van der Waals surface area contributed by atoms with Crippen LogP contribution in [0.5, 0.6) is 0 Å². The largest absolute Gasteiger partial charge is 0.397 e. The van der Waals surface area contributed by atoms with Gasteiger partial charge in [0.2, 0.25) is 0 Å². The van der Waals surface area contributed by atoms with Gasteiger partial charge in [-0.25, -0.2) is 4.98 Å². The predicted molar refractivity (Wildman–Crippen MR) is 67.3 cm³/mol. The molecule has 5 heteroatoms. The highest BCUT2D eigenvalue weighted by atomic mass is 32.1. The maximum atomic E-state index is 5.80. The van der Waals surface area contributed by atoms with Gasteiger partial charge in [-0.3, -0.25) is 4.40 Å². The molecule has 0 bridgehead atoms. The van der Waals surface area contributed by atoms with Crippen molar-refractivity contribution in [1.29, 1.82) is 0 Å². The van der Waals surface area contributed by atoms with Gasteiger partial charge in [0, 0.05) is 23.3 Å². The van der Waals surface area contributed by atoms with Crippen LogP contribution < -0.4 is 11.5 Å². The van der Waals surface area contributed by atoms with E-state index >= 15 is 0 Å². The Kier molecular flexibility index (Phi) is 1.87. The van der Waals surface area contributed by atoms with Crippen LogP contribution in [0.3, 0.4) is 0 Å². The minimum Gasteiger partial charge on any atom is -0.397 e. The minimum atomic E-state index is 0.608. The molecule has 4 nitrogen and oxygen atoms in total. The van der Waals surface area contributed by atoms with Crippen molar-refractivity contribution in [3.8, 4) is 11.3 Å². The molecule has 0 amide bonds. The fourth-order valence-corrected chi connectivity index (χ4v) is 2.53. The van der Waals surface area contributed by atoms with E-state index in [-0.39, 0.29) is 0 Å². The number of aromatic nitrogens is 2. The molecule has 80 valence electrons. The summed E-state index contributed by atoms with van der Waals surface area (Å²) < 4.78 is 2.04. The molecule has 2 aromatic heterocycles. The molecule has 1 aromatic carbocycles. The zero-order valence-electron chi connectivity index (χ0n) is 8.42. The van der Waals surface area contributed by atoms with Crippen molar-refractivity contribution in [2.24, 2.45) is 0 Å². The Morgan fingerprint density at radius 1 is 1.19 bits per heavy atom. The van der Waals surface area contributed by atoms with Crippen LogP contribution >= 0.6 is 11.3 Å². The Labute approximate surface area is 96.1 Å². The van der Waals surface area contributed by atoms with Crippen molar-refractivity contribution in [2.45, 2.75) is 0 Å². The summed E-state index contributed by atoms with van der Waals surface area (Å²) in [5.74, 6) is 0. The maximum absolute atomic E-state index is 5.80. The Bertz CT molecular complexity index is 653. The summed E-state index contributed by atoms with van der Waals surface area (Å²) in [6, 6.07) is 5.68. The van der Waals surface area contributed by atoms with Crippen molar-refractivity contribution < 1.29 is 0 Å². The lowest BCUT2D eigenvalue weighted by atomic mass is 10.1. The Balaban J connectivity index is 2.23. The average Bonchev–Trinajstić information content (AvgIpc) is 2.83. The van der Waals surface area contributed by atoms with Gasteiger partial charge in [-0.15, -0.1) is 11.3 Å². The number of hydrogen-bond acceptors (Lipinski definition) is 4. The lowest BCUT2D eigenvalue weighted by molar-refractivity contribution is 1.24. The van der Waals surface area contributed by atoms with E-state index in [1.54, 1.807) is 17.5 Å². The number of rotatable bonds is 1. The summed E-state index contributed by atoms with van der Waals surface area (Å²) in [7, 11) is 0. The van der Waals surface area contributed by atoms with Crippen LogP contribution in [-0.4, -0.2) is 9.38 Å². The van der Waals surface area contributed by atoms with Crippen LogP contribution in [0.2, 0.25) is 0 Å². The van der Waals surface area contributed by atoms with Gasteiger partial charge in [-0.2, -0.15) is 0 Å². The lowest BCUT2D eigenvalue weighted by Gasteiger charge is -2.03. The number of hydrogen-bond donors (Lipinski definition) is 2. The summed E-state index contributed by atoms with van der Waals surface area (Å²) in [5.41, 5.74) is 14.9. The quantitative estimate of drug-likeness (QED) is 0.630. The third-order valence-electron chi connectivity index (χ3n) is 2.52. The van der Waals surface area contributed by atoms with E-state index in [1.165, 1.54) is 0 Å². The summed E-state index contributed by atoms with van der Waals surface area (Å²) in [4.78, 5) is 5.21. The molecule has 3 aromatic rings. The first-order chi connectivity index (χ1) is 7.75. The van der Waals surface area contributed by atoms with E-state index in [2.05, 4.69) is 10.4 Å². The van der Waals surface area contributed by atoms with Gasteiger partial charge in [-0.05, 0) is 12.1 Å². The van der Waals surface area contributed by atoms with Crippen LogP contribution in [0.25, 0.3) is 16.2 Å². The van der Waals surface area contributed by atoms with Crippen LogP contribution in [-0.2, 0) is 0 Å². The van der Waals surface area contributed by atoms with Crippen molar-refractivity contribution in [3.05, 3.63) is 36.0 Å². The monoisotopic (exact) mass is 230 g/mol. The zero-order chi connectivity index (χ0) is 11.1. The summed E-state index contributed by atoms with van der Waals surface area (Å²) in [6.07, 6.45) is 3.73. The Morgan fingerprint density at radius 3 is 2.88 bits per heavy atom. The van der Waals surface area contributed by atoms with Gasteiger partial charge in [0.15, 0.2) is 4.96 Å². The first-order valence-electron chi connectivity index (χ1n) is 4.81. The second kappa shape index (κ2) is 3.24. The molecule has 0 unspecified atom stereocenters. The molecule has 2 heterocycles. The Morgan fingerprint density at radius 2 is 2.06 bits per heavy atom. The van der Waals surface area contributed by atoms with Gasteiger partial charge < -0.3 is 11.5 Å². The second-order valence-electron chi connectivity index (χ2n) is 3.54. The summed E-state index contributed by atoms with van der Waals surface area (Å²) >= 11 is 1.61. The van der Waals surface area contributed by atoms with Crippen molar-refractivity contribution >= 4 is 27.7 Å². The fourth-order valence-electron chi connectivity index (χ4n) is 1.67. The number of imidazole rings is 1. The van der Waals surface area contributed by atoms with E-state index < -0.39 is 0 Å². The van der Waals surface area contributed by atoms with Gasteiger partial charge in [0.05, 0.1) is 17.1 Å². The number of thiazole rings is 1. The van der Waals surface area contributed by atoms with Crippen molar-refractivity contribution in [1.82, 2.24) is 9.38 Å². The number of benzene rings is 1. The minimum absolute atomic E-state index is 0.608. The molecule has 0 aliphatic carbocycles. The van der Waals surface area contributed by atoms with Gasteiger partial charge >= 0.3 is 0 Å². The highest BCUT2D eigenvalue weighted by Gasteiger charge is 2.07. The van der Waals surface area contributed by atoms with Gasteiger partial charge in [-0.1, -0.05) is 6.07 Å². The molecule has 0 saturated carbocycles. The third-order valence-corrected chi connectivity index (χ3v) is 3.38. The molecule has 0 aliphatic heterocycles. The molecular formula is C11H10N4S. The van der Waals surface area contributed by atoms with Crippen molar-refractivity contribution in [3.63, 3.8) is 0 Å². The molecule has 0 spiro atoms. The molecule has 4 N–H and O–H groups in total. The molecular weight excluding hydrogens is 220 g/mol. The first kappa shape index (κ1) is 9.23. The van der Waals surface area contributed by atoms with Crippen LogP contribution in [0, 0.1) is 0 Å². The molecule has 0 aliphatic rings. The van der Waals surface area contributed by atoms with E-state index in [0.717, 1.165) is 16.2 Å². The summed E-state index contributed by atoms with van der Waals surface area (Å²) in [5, 5.41) is 2.06. The number of anilines is 2. The highest BCUT2D eigenvalue weighted by Crippen LogP contribution is 2.28. The molecule has 0 radical (unpaired) electrons. The van der Waals surface area contributed by atoms with Gasteiger partial charge in [0.25, 0.3) is 0 Å². The molecule has 0 atom stereocenters. The van der Waals surface area contributed by atoms with E-state index in [4.69, 9.17) is 11.5 Å². The third kappa shape index (κ3) is 1.25. The number of fused-ring (bicyclic) bond motifs is 1. The molecule has 0 saturated heterocycles. The molecule has 3 rings (SSSR count). The standard InChI is InChI=1S/C11H10N4S/c12-8-2-1-7(5-9(8)13)10-6-16-11-14-3-4-15(10)11/h1-6H,12-13H2.